The highest BCUT2D eigenvalue weighted by Crippen LogP contribution is 2.23. The van der Waals surface area contributed by atoms with Crippen molar-refractivity contribution < 1.29 is 17.2 Å². The van der Waals surface area contributed by atoms with Gasteiger partial charge in [-0.1, -0.05) is 48.5 Å². The maximum atomic E-state index is 13.3. The third kappa shape index (κ3) is 4.22. The molecule has 0 aliphatic heterocycles. The molecule has 25 heavy (non-hydrogen) atoms. The molecule has 3 aromatic rings. The number of rotatable bonds is 5. The molecule has 0 saturated carbocycles. The van der Waals surface area contributed by atoms with E-state index in [9.17, 15) is 17.2 Å². The topological polar surface area (TPSA) is 46.2 Å². The summed E-state index contributed by atoms with van der Waals surface area (Å²) in [4.78, 5) is -0.459. The van der Waals surface area contributed by atoms with Gasteiger partial charge in [-0.2, -0.15) is 0 Å². The molecule has 0 bridgehead atoms. The van der Waals surface area contributed by atoms with Gasteiger partial charge in [-0.25, -0.2) is 17.2 Å². The summed E-state index contributed by atoms with van der Waals surface area (Å²) in [7, 11) is -4.10. The van der Waals surface area contributed by atoms with Gasteiger partial charge in [-0.15, -0.1) is 0 Å². The van der Waals surface area contributed by atoms with Crippen LogP contribution in [0.4, 0.5) is 14.5 Å². The van der Waals surface area contributed by atoms with Crippen molar-refractivity contribution in [1.82, 2.24) is 0 Å². The fourth-order valence-electron chi connectivity index (χ4n) is 2.48. The molecule has 0 aliphatic carbocycles. The molecule has 1 N–H and O–H groups in total. The number of benzene rings is 3. The Hall–Kier alpha value is -2.73. The largest absolute Gasteiger partial charge is 0.279 e. The maximum Gasteiger partial charge on any atom is 0.262 e. The Morgan fingerprint density at radius 3 is 2.08 bits per heavy atom. The molecule has 3 nitrogen and oxygen atoms in total. The standard InChI is InChI=1S/C19H15F2NO2S/c20-16-11-17(21)13-18(12-16)25(23,24)22-19-9-5-4-8-15(19)10-14-6-2-1-3-7-14/h1-9,11-13,22H,10H2. The third-order valence-electron chi connectivity index (χ3n) is 3.65. The molecule has 0 spiro atoms. The minimum atomic E-state index is -4.10. The number of halogens is 2. The summed E-state index contributed by atoms with van der Waals surface area (Å²) in [5.74, 6) is -1.89. The molecular weight excluding hydrogens is 344 g/mol. The zero-order valence-electron chi connectivity index (χ0n) is 13.1. The molecule has 0 fully saturated rings. The lowest BCUT2D eigenvalue weighted by molar-refractivity contribution is 0.568. The first-order valence-electron chi connectivity index (χ1n) is 7.55. The van der Waals surface area contributed by atoms with E-state index < -0.39 is 26.6 Å². The Kier molecular flexibility index (Phi) is 4.81. The van der Waals surface area contributed by atoms with E-state index in [1.54, 1.807) is 24.3 Å². The molecule has 0 saturated heterocycles. The van der Waals surface area contributed by atoms with Gasteiger partial charge in [-0.05, 0) is 35.7 Å². The van der Waals surface area contributed by atoms with E-state index in [2.05, 4.69) is 4.72 Å². The summed E-state index contributed by atoms with van der Waals surface area (Å²) in [6.45, 7) is 0. The second-order valence-corrected chi connectivity index (χ2v) is 7.21. The van der Waals surface area contributed by atoms with E-state index in [1.807, 2.05) is 30.3 Å². The average molecular weight is 359 g/mol. The smallest absolute Gasteiger partial charge is 0.262 e. The Bertz CT molecular complexity index is 969. The van der Waals surface area contributed by atoms with E-state index in [0.717, 1.165) is 23.3 Å². The molecule has 6 heteroatoms. The molecule has 0 aromatic heterocycles. The van der Waals surface area contributed by atoms with Gasteiger partial charge in [0.05, 0.1) is 10.6 Å². The Morgan fingerprint density at radius 1 is 0.800 bits per heavy atom. The molecule has 0 atom stereocenters. The fourth-order valence-corrected chi connectivity index (χ4v) is 3.62. The first-order chi connectivity index (χ1) is 11.9. The van der Waals surface area contributed by atoms with E-state index in [4.69, 9.17) is 0 Å². The molecule has 3 aromatic carbocycles. The summed E-state index contributed by atoms with van der Waals surface area (Å²) < 4.78 is 54.0. The summed E-state index contributed by atoms with van der Waals surface area (Å²) in [6, 6.07) is 18.7. The zero-order valence-corrected chi connectivity index (χ0v) is 13.9. The summed E-state index contributed by atoms with van der Waals surface area (Å²) in [5.41, 5.74) is 2.15. The Labute approximate surface area is 145 Å². The van der Waals surface area contributed by atoms with Crippen LogP contribution in [-0.2, 0) is 16.4 Å². The number of nitrogens with one attached hydrogen (secondary N) is 1. The predicted octanol–water partition coefficient (Wildman–Crippen LogP) is 4.36. The van der Waals surface area contributed by atoms with Crippen molar-refractivity contribution in [3.05, 3.63) is 95.6 Å². The van der Waals surface area contributed by atoms with Gasteiger partial charge in [0.15, 0.2) is 0 Å². The number of hydrogen-bond donors (Lipinski definition) is 1. The number of para-hydroxylation sites is 1. The zero-order chi connectivity index (χ0) is 17.9. The monoisotopic (exact) mass is 359 g/mol. The van der Waals surface area contributed by atoms with Crippen LogP contribution in [-0.4, -0.2) is 8.42 Å². The van der Waals surface area contributed by atoms with E-state index >= 15 is 0 Å². The molecule has 0 aliphatic rings. The summed E-state index contributed by atoms with van der Waals surface area (Å²) in [5, 5.41) is 0. The lowest BCUT2D eigenvalue weighted by Crippen LogP contribution is -2.15. The second-order valence-electron chi connectivity index (χ2n) is 5.53. The lowest BCUT2D eigenvalue weighted by Gasteiger charge is -2.13. The minimum Gasteiger partial charge on any atom is -0.279 e. The van der Waals surface area contributed by atoms with Crippen LogP contribution in [0, 0.1) is 11.6 Å². The fraction of sp³-hybridized carbons (Fsp3) is 0.0526. The maximum absolute atomic E-state index is 13.3. The van der Waals surface area contributed by atoms with Gasteiger partial charge in [0.25, 0.3) is 10.0 Å². The van der Waals surface area contributed by atoms with Gasteiger partial charge in [0.2, 0.25) is 0 Å². The van der Waals surface area contributed by atoms with Crippen LogP contribution < -0.4 is 4.72 Å². The molecule has 0 unspecified atom stereocenters. The van der Waals surface area contributed by atoms with E-state index in [-0.39, 0.29) is 0 Å². The van der Waals surface area contributed by atoms with Gasteiger partial charge in [-0.3, -0.25) is 4.72 Å². The van der Waals surface area contributed by atoms with Gasteiger partial charge < -0.3 is 0 Å². The average Bonchev–Trinajstić information content (AvgIpc) is 2.56. The number of anilines is 1. The summed E-state index contributed by atoms with van der Waals surface area (Å²) >= 11 is 0. The van der Waals surface area contributed by atoms with Gasteiger partial charge in [0.1, 0.15) is 11.6 Å². The van der Waals surface area contributed by atoms with Crippen LogP contribution in [0.15, 0.2) is 77.7 Å². The first-order valence-corrected chi connectivity index (χ1v) is 9.03. The highest BCUT2D eigenvalue weighted by molar-refractivity contribution is 7.92. The van der Waals surface area contributed by atoms with Crippen LogP contribution in [0.5, 0.6) is 0 Å². The lowest BCUT2D eigenvalue weighted by atomic mass is 10.0. The van der Waals surface area contributed by atoms with Crippen molar-refractivity contribution in [3.63, 3.8) is 0 Å². The van der Waals surface area contributed by atoms with Crippen LogP contribution in [0.2, 0.25) is 0 Å². The normalized spacial score (nSPS) is 11.3. The molecule has 0 heterocycles. The Balaban J connectivity index is 1.92. The van der Waals surface area contributed by atoms with Gasteiger partial charge >= 0.3 is 0 Å². The third-order valence-corrected chi connectivity index (χ3v) is 4.99. The molecule has 0 amide bonds. The van der Waals surface area contributed by atoms with Crippen LogP contribution in [0.25, 0.3) is 0 Å². The molecule has 3 rings (SSSR count). The van der Waals surface area contributed by atoms with Crippen LogP contribution in [0.1, 0.15) is 11.1 Å². The van der Waals surface area contributed by atoms with E-state index in [0.29, 0.717) is 18.2 Å². The molecule has 0 radical (unpaired) electrons. The van der Waals surface area contributed by atoms with Crippen molar-refractivity contribution in [2.24, 2.45) is 0 Å². The minimum absolute atomic E-state index is 0.371. The van der Waals surface area contributed by atoms with Crippen LogP contribution in [0.3, 0.4) is 0 Å². The highest BCUT2D eigenvalue weighted by atomic mass is 32.2. The van der Waals surface area contributed by atoms with E-state index in [1.165, 1.54) is 0 Å². The van der Waals surface area contributed by atoms with Crippen LogP contribution >= 0.6 is 0 Å². The molecule has 128 valence electrons. The summed E-state index contributed by atoms with van der Waals surface area (Å²) in [6.07, 6.45) is 0.525. The SMILES string of the molecule is O=S(=O)(Nc1ccccc1Cc1ccccc1)c1cc(F)cc(F)c1. The van der Waals surface area contributed by atoms with Crippen molar-refractivity contribution in [1.29, 1.82) is 0 Å². The van der Waals surface area contributed by atoms with Crippen molar-refractivity contribution in [3.8, 4) is 0 Å². The highest BCUT2D eigenvalue weighted by Gasteiger charge is 2.18. The van der Waals surface area contributed by atoms with Gasteiger partial charge in [0, 0.05) is 6.07 Å². The second kappa shape index (κ2) is 7.03. The van der Waals surface area contributed by atoms with Crippen molar-refractivity contribution in [2.45, 2.75) is 11.3 Å². The molecular formula is C19H15F2NO2S. The van der Waals surface area contributed by atoms with Crippen molar-refractivity contribution in [2.75, 3.05) is 4.72 Å². The number of hydrogen-bond acceptors (Lipinski definition) is 2. The Morgan fingerprint density at radius 2 is 1.40 bits per heavy atom. The predicted molar refractivity (Wildman–Crippen MR) is 92.9 cm³/mol. The van der Waals surface area contributed by atoms with Crippen molar-refractivity contribution >= 4 is 15.7 Å². The quantitative estimate of drug-likeness (QED) is 0.736. The number of sulfonamides is 1. The first kappa shape index (κ1) is 17.1.